The van der Waals surface area contributed by atoms with Crippen LogP contribution in [-0.4, -0.2) is 32.4 Å². The van der Waals surface area contributed by atoms with Crippen molar-refractivity contribution in [2.45, 2.75) is 25.5 Å². The van der Waals surface area contributed by atoms with Crippen LogP contribution in [-0.2, 0) is 16.1 Å². The van der Waals surface area contributed by atoms with Crippen LogP contribution in [0, 0.1) is 0 Å². The Morgan fingerprint density at radius 3 is 2.40 bits per heavy atom. The summed E-state index contributed by atoms with van der Waals surface area (Å²) in [5.74, 6) is 0.381. The molecule has 0 amide bonds. The molecule has 112 valence electrons. The van der Waals surface area contributed by atoms with Crippen molar-refractivity contribution in [3.63, 3.8) is 0 Å². The highest BCUT2D eigenvalue weighted by Gasteiger charge is 2.17. The Morgan fingerprint density at radius 2 is 1.90 bits per heavy atom. The normalized spacial score (nSPS) is 12.0. The molecule has 1 atom stereocenters. The van der Waals surface area contributed by atoms with Gasteiger partial charge in [0.05, 0.1) is 20.8 Å². The van der Waals surface area contributed by atoms with E-state index < -0.39 is 12.0 Å². The fourth-order valence-corrected chi connectivity index (χ4v) is 1.98. The molecule has 0 spiro atoms. The molecular formula is C14H21NO5. The average molecular weight is 283 g/mol. The van der Waals surface area contributed by atoms with E-state index >= 15 is 0 Å². The Kier molecular flexibility index (Phi) is 6.27. The number of carboxylic acid groups (broad SMARTS) is 1. The highest BCUT2D eigenvalue weighted by Crippen LogP contribution is 2.33. The molecule has 0 aromatic heterocycles. The predicted octanol–water partition coefficient (Wildman–Crippen LogP) is 1.71. The quantitative estimate of drug-likeness (QED) is 0.754. The Labute approximate surface area is 118 Å². The second kappa shape index (κ2) is 7.72. The topological polar surface area (TPSA) is 91.0 Å². The number of hydrogen-bond donors (Lipinski definition) is 2. The van der Waals surface area contributed by atoms with Crippen molar-refractivity contribution in [2.75, 3.05) is 21.3 Å². The first-order valence-corrected chi connectivity index (χ1v) is 6.24. The van der Waals surface area contributed by atoms with Crippen molar-refractivity contribution in [3.8, 4) is 11.5 Å². The molecule has 1 aromatic carbocycles. The Hall–Kier alpha value is -1.79. The number of rotatable bonds is 8. The third kappa shape index (κ3) is 4.11. The minimum atomic E-state index is -0.873. The van der Waals surface area contributed by atoms with E-state index in [-0.39, 0.29) is 6.42 Å². The molecule has 1 aromatic rings. The molecule has 0 aliphatic heterocycles. The summed E-state index contributed by atoms with van der Waals surface area (Å²) in [4.78, 5) is 10.6. The lowest BCUT2D eigenvalue weighted by atomic mass is 9.99. The summed E-state index contributed by atoms with van der Waals surface area (Å²) in [5, 5.41) is 8.72. The Morgan fingerprint density at radius 1 is 1.25 bits per heavy atom. The first-order valence-electron chi connectivity index (χ1n) is 6.24. The molecule has 6 heteroatoms. The Bertz CT molecular complexity index is 461. The highest BCUT2D eigenvalue weighted by molar-refractivity contribution is 5.66. The van der Waals surface area contributed by atoms with Crippen LogP contribution in [0.15, 0.2) is 12.1 Å². The monoisotopic (exact) mass is 283 g/mol. The summed E-state index contributed by atoms with van der Waals surface area (Å²) < 4.78 is 15.7. The zero-order valence-electron chi connectivity index (χ0n) is 12.0. The second-order valence-electron chi connectivity index (χ2n) is 4.38. The van der Waals surface area contributed by atoms with Gasteiger partial charge in [0, 0.05) is 30.7 Å². The molecule has 0 fully saturated rings. The number of carboxylic acids is 1. The molecule has 0 bridgehead atoms. The van der Waals surface area contributed by atoms with Crippen LogP contribution >= 0.6 is 0 Å². The van der Waals surface area contributed by atoms with Crippen molar-refractivity contribution >= 4 is 5.97 Å². The average Bonchev–Trinajstić information content (AvgIpc) is 2.44. The summed E-state index contributed by atoms with van der Waals surface area (Å²) in [7, 11) is 4.71. The van der Waals surface area contributed by atoms with E-state index in [1.807, 2.05) is 0 Å². The number of aliphatic carboxylic acids is 1. The van der Waals surface area contributed by atoms with E-state index in [0.717, 1.165) is 11.1 Å². The van der Waals surface area contributed by atoms with Gasteiger partial charge in [-0.25, -0.2) is 0 Å². The molecule has 0 radical (unpaired) electrons. The van der Waals surface area contributed by atoms with E-state index in [2.05, 4.69) is 0 Å². The fourth-order valence-electron chi connectivity index (χ4n) is 1.98. The zero-order chi connectivity index (χ0) is 15.1. The maximum atomic E-state index is 10.6. The van der Waals surface area contributed by atoms with E-state index in [9.17, 15) is 4.79 Å². The minimum absolute atomic E-state index is 0.00641. The third-order valence-corrected chi connectivity index (χ3v) is 3.00. The minimum Gasteiger partial charge on any atom is -0.496 e. The van der Waals surface area contributed by atoms with Crippen molar-refractivity contribution in [3.05, 3.63) is 23.3 Å². The molecule has 0 heterocycles. The van der Waals surface area contributed by atoms with Gasteiger partial charge in [-0.15, -0.1) is 0 Å². The molecular weight excluding hydrogens is 262 g/mol. The third-order valence-electron chi connectivity index (χ3n) is 3.00. The summed E-state index contributed by atoms with van der Waals surface area (Å²) in [6, 6.07) is 3.16. The largest absolute Gasteiger partial charge is 0.496 e. The summed E-state index contributed by atoms with van der Waals surface area (Å²) in [6.45, 7) is 0.393. The van der Waals surface area contributed by atoms with Gasteiger partial charge in [0.25, 0.3) is 0 Å². The van der Waals surface area contributed by atoms with Gasteiger partial charge in [0.15, 0.2) is 0 Å². The van der Waals surface area contributed by atoms with Gasteiger partial charge in [-0.3, -0.25) is 4.79 Å². The van der Waals surface area contributed by atoms with E-state index in [1.165, 1.54) is 0 Å². The van der Waals surface area contributed by atoms with Crippen molar-refractivity contribution in [2.24, 2.45) is 5.73 Å². The van der Waals surface area contributed by atoms with E-state index in [1.54, 1.807) is 33.5 Å². The zero-order valence-corrected chi connectivity index (χ0v) is 12.0. The maximum absolute atomic E-state index is 10.6. The molecule has 6 nitrogen and oxygen atoms in total. The summed E-state index contributed by atoms with van der Waals surface area (Å²) in [5.41, 5.74) is 7.61. The molecule has 1 unspecified atom stereocenters. The predicted molar refractivity (Wildman–Crippen MR) is 74.1 cm³/mol. The number of benzene rings is 1. The number of methoxy groups -OCH3 is 3. The number of carbonyl (C=O) groups is 1. The Balaban J connectivity index is 3.07. The highest BCUT2D eigenvalue weighted by atomic mass is 16.5. The van der Waals surface area contributed by atoms with Gasteiger partial charge in [-0.05, 0) is 18.6 Å². The fraction of sp³-hybridized carbons (Fsp3) is 0.500. The van der Waals surface area contributed by atoms with E-state index in [4.69, 9.17) is 25.1 Å². The first kappa shape index (κ1) is 16.3. The maximum Gasteiger partial charge on any atom is 0.303 e. The lowest BCUT2D eigenvalue weighted by Crippen LogP contribution is -2.14. The molecule has 20 heavy (non-hydrogen) atoms. The lowest BCUT2D eigenvalue weighted by Gasteiger charge is -2.18. The van der Waals surface area contributed by atoms with Crippen LogP contribution < -0.4 is 15.2 Å². The lowest BCUT2D eigenvalue weighted by molar-refractivity contribution is -0.137. The van der Waals surface area contributed by atoms with Crippen molar-refractivity contribution in [1.82, 2.24) is 0 Å². The molecule has 3 N–H and O–H groups in total. The standard InChI is InChI=1S/C14H21NO5/c1-18-8-9-6-13(20-3)10(7-12(9)19-2)11(15)4-5-14(16)17/h6-7,11H,4-5,8,15H2,1-3H3,(H,16,17). The van der Waals surface area contributed by atoms with Gasteiger partial charge >= 0.3 is 5.97 Å². The van der Waals surface area contributed by atoms with Crippen molar-refractivity contribution < 1.29 is 24.1 Å². The summed E-state index contributed by atoms with van der Waals surface area (Å²) in [6.07, 6.45) is 0.338. The smallest absolute Gasteiger partial charge is 0.303 e. The van der Waals surface area contributed by atoms with Crippen molar-refractivity contribution in [1.29, 1.82) is 0 Å². The summed E-state index contributed by atoms with van der Waals surface area (Å²) >= 11 is 0. The molecule has 0 aliphatic rings. The van der Waals surface area contributed by atoms with Crippen LogP contribution in [0.3, 0.4) is 0 Å². The van der Waals surface area contributed by atoms with Gasteiger partial charge in [-0.1, -0.05) is 0 Å². The van der Waals surface area contributed by atoms with Crippen LogP contribution in [0.5, 0.6) is 11.5 Å². The molecule has 0 saturated carbocycles. The first-order chi connectivity index (χ1) is 9.53. The number of nitrogens with two attached hydrogens (primary N) is 1. The van der Waals surface area contributed by atoms with Crippen LogP contribution in [0.25, 0.3) is 0 Å². The van der Waals surface area contributed by atoms with Crippen LogP contribution in [0.2, 0.25) is 0 Å². The number of hydrogen-bond acceptors (Lipinski definition) is 5. The van der Waals surface area contributed by atoms with Gasteiger partial charge in [0.2, 0.25) is 0 Å². The molecule has 0 aliphatic carbocycles. The van der Waals surface area contributed by atoms with Crippen LogP contribution in [0.4, 0.5) is 0 Å². The van der Waals surface area contributed by atoms with Gasteiger partial charge in [0.1, 0.15) is 11.5 Å². The van der Waals surface area contributed by atoms with E-state index in [0.29, 0.717) is 24.5 Å². The second-order valence-corrected chi connectivity index (χ2v) is 4.38. The number of ether oxygens (including phenoxy) is 3. The SMILES string of the molecule is COCc1cc(OC)c(C(N)CCC(=O)O)cc1OC. The van der Waals surface area contributed by atoms with Gasteiger partial charge < -0.3 is 25.1 Å². The van der Waals surface area contributed by atoms with Gasteiger partial charge in [-0.2, -0.15) is 0 Å². The molecule has 1 rings (SSSR count). The molecule has 0 saturated heterocycles. The van der Waals surface area contributed by atoms with Crippen LogP contribution in [0.1, 0.15) is 30.0 Å².